The lowest BCUT2D eigenvalue weighted by Crippen LogP contribution is -2.54. The maximum atomic E-state index is 15.7. The van der Waals surface area contributed by atoms with Gasteiger partial charge in [-0.1, -0.05) is 11.6 Å². The minimum absolute atomic E-state index is 0.0779. The van der Waals surface area contributed by atoms with Gasteiger partial charge in [0.2, 0.25) is 17.8 Å². The van der Waals surface area contributed by atoms with Crippen LogP contribution >= 0.6 is 11.6 Å². The average molecular weight is 570 g/mol. The highest BCUT2D eigenvalue weighted by atomic mass is 35.5. The zero-order valence-electron chi connectivity index (χ0n) is 21.8. The Morgan fingerprint density at radius 1 is 0.925 bits per heavy atom. The molecular formula is C27H29ClFN7O4. The van der Waals surface area contributed by atoms with Crippen LogP contribution < -0.4 is 15.1 Å². The van der Waals surface area contributed by atoms with Gasteiger partial charge in [0.1, 0.15) is 11.7 Å². The molecule has 3 saturated heterocycles. The summed E-state index contributed by atoms with van der Waals surface area (Å²) in [6.07, 6.45) is 4.07. The van der Waals surface area contributed by atoms with Gasteiger partial charge in [-0.15, -0.1) is 0 Å². The van der Waals surface area contributed by atoms with E-state index in [1.807, 2.05) is 4.90 Å². The van der Waals surface area contributed by atoms with Crippen LogP contribution in [0.4, 0.5) is 16.0 Å². The topological polar surface area (TPSA) is 119 Å². The lowest BCUT2D eigenvalue weighted by atomic mass is 9.92. The van der Waals surface area contributed by atoms with E-state index >= 15 is 4.39 Å². The standard InChI is InChI=1S/C27H29ClFN7O4/c28-17-14-30-26(31-15-17)35-7-5-27(29,6-8-35)16-33-9-11-34(12-10-33)18-1-2-19-20(13-18)25(40)36(24(19)39)21-3-4-22(37)32-23(21)38/h1-2,13-15,21H,3-12,16H2,(H,32,37,38). The molecule has 1 aromatic carbocycles. The summed E-state index contributed by atoms with van der Waals surface area (Å²) >= 11 is 5.87. The molecule has 1 unspecified atom stereocenters. The van der Waals surface area contributed by atoms with Crippen molar-refractivity contribution in [1.29, 1.82) is 0 Å². The monoisotopic (exact) mass is 569 g/mol. The van der Waals surface area contributed by atoms with E-state index in [0.29, 0.717) is 69.6 Å². The highest BCUT2D eigenvalue weighted by Crippen LogP contribution is 2.32. The van der Waals surface area contributed by atoms with Gasteiger partial charge in [0.25, 0.3) is 11.8 Å². The number of carbonyl (C=O) groups excluding carboxylic acids is 4. The Balaban J connectivity index is 1.05. The van der Waals surface area contributed by atoms with Crippen molar-refractivity contribution in [2.45, 2.75) is 37.4 Å². The fourth-order valence-electron chi connectivity index (χ4n) is 5.95. The number of imide groups is 2. The molecule has 5 heterocycles. The number of anilines is 2. The number of rotatable bonds is 5. The molecule has 1 aromatic heterocycles. The van der Waals surface area contributed by atoms with Crippen molar-refractivity contribution in [3.8, 4) is 0 Å². The number of carbonyl (C=O) groups is 4. The smallest absolute Gasteiger partial charge is 0.262 e. The molecule has 210 valence electrons. The molecule has 1 N–H and O–H groups in total. The van der Waals surface area contributed by atoms with E-state index < -0.39 is 35.3 Å². The van der Waals surface area contributed by atoms with Crippen molar-refractivity contribution >= 4 is 46.9 Å². The first kappa shape index (κ1) is 26.6. The normalized spacial score (nSPS) is 23.4. The Morgan fingerprint density at radius 3 is 2.27 bits per heavy atom. The second-order valence-electron chi connectivity index (χ2n) is 10.8. The third-order valence-corrected chi connectivity index (χ3v) is 8.41. The zero-order chi connectivity index (χ0) is 28.0. The molecule has 0 spiro atoms. The molecule has 6 rings (SSSR count). The molecule has 4 aliphatic heterocycles. The number of amides is 4. The number of nitrogens with zero attached hydrogens (tertiary/aromatic N) is 6. The summed E-state index contributed by atoms with van der Waals surface area (Å²) < 4.78 is 15.7. The van der Waals surface area contributed by atoms with Gasteiger partial charge in [-0.3, -0.25) is 34.3 Å². The van der Waals surface area contributed by atoms with E-state index in [4.69, 9.17) is 11.6 Å². The van der Waals surface area contributed by atoms with Crippen LogP contribution in [-0.4, -0.2) is 101 Å². The summed E-state index contributed by atoms with van der Waals surface area (Å²) in [6.45, 7) is 4.07. The van der Waals surface area contributed by atoms with E-state index in [-0.39, 0.29) is 24.0 Å². The van der Waals surface area contributed by atoms with Gasteiger partial charge in [-0.2, -0.15) is 0 Å². The number of alkyl halides is 1. The van der Waals surface area contributed by atoms with Gasteiger partial charge < -0.3 is 9.80 Å². The number of hydrogen-bond acceptors (Lipinski definition) is 9. The van der Waals surface area contributed by atoms with Crippen molar-refractivity contribution in [3.05, 3.63) is 46.7 Å². The fourth-order valence-corrected chi connectivity index (χ4v) is 6.05. The van der Waals surface area contributed by atoms with E-state index in [2.05, 4.69) is 25.1 Å². The first-order valence-corrected chi connectivity index (χ1v) is 13.8. The predicted octanol–water partition coefficient (Wildman–Crippen LogP) is 1.66. The van der Waals surface area contributed by atoms with Crippen molar-refractivity contribution in [1.82, 2.24) is 25.1 Å². The zero-order valence-corrected chi connectivity index (χ0v) is 22.6. The average Bonchev–Trinajstić information content (AvgIpc) is 3.19. The summed E-state index contributed by atoms with van der Waals surface area (Å²) in [7, 11) is 0. The molecule has 13 heteroatoms. The van der Waals surface area contributed by atoms with Crippen LogP contribution in [0.1, 0.15) is 46.4 Å². The lowest BCUT2D eigenvalue weighted by Gasteiger charge is -2.42. The van der Waals surface area contributed by atoms with Gasteiger partial charge in [-0.05, 0) is 24.6 Å². The number of piperidine rings is 2. The largest absolute Gasteiger partial charge is 0.369 e. The molecule has 0 aliphatic carbocycles. The predicted molar refractivity (Wildman–Crippen MR) is 144 cm³/mol. The summed E-state index contributed by atoms with van der Waals surface area (Å²) in [5.41, 5.74) is 0.0294. The molecule has 4 aliphatic rings. The molecule has 4 amide bonds. The van der Waals surface area contributed by atoms with Crippen LogP contribution in [0.5, 0.6) is 0 Å². The molecular weight excluding hydrogens is 541 g/mol. The Labute approximate surface area is 235 Å². The van der Waals surface area contributed by atoms with Crippen LogP contribution in [0.25, 0.3) is 0 Å². The van der Waals surface area contributed by atoms with E-state index in [1.165, 1.54) is 0 Å². The van der Waals surface area contributed by atoms with Crippen LogP contribution in [0, 0.1) is 0 Å². The number of aromatic nitrogens is 2. The maximum absolute atomic E-state index is 15.7. The molecule has 0 radical (unpaired) electrons. The summed E-state index contributed by atoms with van der Waals surface area (Å²) in [5.74, 6) is -1.51. The van der Waals surface area contributed by atoms with Crippen LogP contribution in [-0.2, 0) is 9.59 Å². The van der Waals surface area contributed by atoms with Crippen LogP contribution in [0.2, 0.25) is 5.02 Å². The summed E-state index contributed by atoms with van der Waals surface area (Å²) in [6, 6.07) is 4.13. The molecule has 1 atom stereocenters. The van der Waals surface area contributed by atoms with Gasteiger partial charge >= 0.3 is 0 Å². The van der Waals surface area contributed by atoms with Crippen molar-refractivity contribution in [2.24, 2.45) is 0 Å². The van der Waals surface area contributed by atoms with Crippen LogP contribution in [0.15, 0.2) is 30.6 Å². The van der Waals surface area contributed by atoms with Crippen molar-refractivity contribution in [2.75, 3.05) is 55.6 Å². The second-order valence-corrected chi connectivity index (χ2v) is 11.2. The second kappa shape index (κ2) is 10.4. The first-order valence-electron chi connectivity index (χ1n) is 13.5. The number of nitrogens with one attached hydrogen (secondary N) is 1. The SMILES string of the molecule is O=C1CCC(N2C(=O)c3ccc(N4CCN(CC5(F)CCN(c6ncc(Cl)cn6)CC5)CC4)cc3C2=O)C(=O)N1. The fraction of sp³-hybridized carbons (Fsp3) is 0.481. The number of fused-ring (bicyclic) bond motifs is 1. The van der Waals surface area contributed by atoms with Gasteiger partial charge in [0.15, 0.2) is 0 Å². The van der Waals surface area contributed by atoms with Gasteiger partial charge in [0, 0.05) is 70.8 Å². The van der Waals surface area contributed by atoms with Crippen molar-refractivity contribution < 1.29 is 23.6 Å². The number of benzene rings is 1. The Kier molecular flexibility index (Phi) is 6.91. The third kappa shape index (κ3) is 5.01. The first-order chi connectivity index (χ1) is 19.2. The van der Waals surface area contributed by atoms with E-state index in [0.717, 1.165) is 10.6 Å². The maximum Gasteiger partial charge on any atom is 0.262 e. The highest BCUT2D eigenvalue weighted by molar-refractivity contribution is 6.30. The third-order valence-electron chi connectivity index (χ3n) is 8.22. The Hall–Kier alpha value is -3.64. The molecule has 3 fully saturated rings. The quantitative estimate of drug-likeness (QED) is 0.536. The Bertz CT molecular complexity index is 1360. The molecule has 2 aromatic rings. The molecule has 0 saturated carbocycles. The van der Waals surface area contributed by atoms with Crippen molar-refractivity contribution in [3.63, 3.8) is 0 Å². The number of hydrogen-bond donors (Lipinski definition) is 1. The number of piperazine rings is 1. The van der Waals surface area contributed by atoms with Crippen LogP contribution in [0.3, 0.4) is 0 Å². The van der Waals surface area contributed by atoms with Gasteiger partial charge in [0.05, 0.1) is 28.5 Å². The minimum atomic E-state index is -1.29. The Morgan fingerprint density at radius 2 is 1.60 bits per heavy atom. The molecule has 0 bridgehead atoms. The molecule has 11 nitrogen and oxygen atoms in total. The minimum Gasteiger partial charge on any atom is -0.369 e. The van der Waals surface area contributed by atoms with E-state index in [1.54, 1.807) is 30.6 Å². The summed E-state index contributed by atoms with van der Waals surface area (Å²) in [4.78, 5) is 65.6. The lowest BCUT2D eigenvalue weighted by molar-refractivity contribution is -0.136. The van der Waals surface area contributed by atoms with Gasteiger partial charge in [-0.25, -0.2) is 14.4 Å². The molecule has 40 heavy (non-hydrogen) atoms. The van der Waals surface area contributed by atoms with E-state index in [9.17, 15) is 19.2 Å². The highest BCUT2D eigenvalue weighted by Gasteiger charge is 2.45. The number of halogens is 2. The summed E-state index contributed by atoms with van der Waals surface area (Å²) in [5, 5.41) is 2.68.